The van der Waals surface area contributed by atoms with Crippen molar-refractivity contribution in [2.75, 3.05) is 11.9 Å². The molecule has 4 rings (SSSR count). The number of hydrogen-bond donors (Lipinski definition) is 1. The van der Waals surface area contributed by atoms with E-state index in [1.54, 1.807) is 10.6 Å². The largest absolute Gasteiger partial charge is 0.492 e. The molecule has 0 aliphatic carbocycles. The standard InChI is InChI=1S/C22H21N5O2/c1-4-29-18-13-9-8-12-17(18)23-22(28)20-15(3)27-21(25-24-20)19(14(2)26-27)16-10-6-5-7-11-16/h5-13H,4H2,1-3H3,(H,23,28). The zero-order chi connectivity index (χ0) is 20.4. The van der Waals surface area contributed by atoms with E-state index in [0.717, 1.165) is 16.8 Å². The van der Waals surface area contributed by atoms with Gasteiger partial charge in [-0.25, -0.2) is 4.52 Å². The van der Waals surface area contributed by atoms with Gasteiger partial charge in [-0.2, -0.15) is 5.10 Å². The van der Waals surface area contributed by atoms with Crippen LogP contribution < -0.4 is 10.1 Å². The van der Waals surface area contributed by atoms with Crippen molar-refractivity contribution < 1.29 is 9.53 Å². The third-order valence-electron chi connectivity index (χ3n) is 4.65. The Morgan fingerprint density at radius 1 is 1.03 bits per heavy atom. The van der Waals surface area contributed by atoms with E-state index >= 15 is 0 Å². The summed E-state index contributed by atoms with van der Waals surface area (Å²) in [4.78, 5) is 12.9. The van der Waals surface area contributed by atoms with Crippen molar-refractivity contribution in [2.45, 2.75) is 20.8 Å². The molecule has 7 heteroatoms. The molecule has 0 bridgehead atoms. The molecule has 2 aromatic heterocycles. The summed E-state index contributed by atoms with van der Waals surface area (Å²) < 4.78 is 7.25. The number of rotatable bonds is 5. The molecule has 0 saturated carbocycles. The van der Waals surface area contributed by atoms with Crippen LogP contribution in [0, 0.1) is 13.8 Å². The molecule has 7 nitrogen and oxygen atoms in total. The molecule has 0 aliphatic rings. The Morgan fingerprint density at radius 3 is 2.52 bits per heavy atom. The lowest BCUT2D eigenvalue weighted by Crippen LogP contribution is -2.19. The topological polar surface area (TPSA) is 81.4 Å². The van der Waals surface area contributed by atoms with Crippen molar-refractivity contribution in [3.05, 3.63) is 71.7 Å². The first-order chi connectivity index (χ1) is 14.1. The van der Waals surface area contributed by atoms with E-state index < -0.39 is 0 Å². The normalized spacial score (nSPS) is 10.9. The predicted octanol–water partition coefficient (Wildman–Crippen LogP) is 4.06. The van der Waals surface area contributed by atoms with Crippen LogP contribution in [0.4, 0.5) is 5.69 Å². The zero-order valence-corrected chi connectivity index (χ0v) is 16.5. The number of benzene rings is 2. The predicted molar refractivity (Wildman–Crippen MR) is 111 cm³/mol. The Morgan fingerprint density at radius 2 is 1.76 bits per heavy atom. The molecule has 4 aromatic rings. The van der Waals surface area contributed by atoms with E-state index in [1.165, 1.54) is 0 Å². The number of carbonyl (C=O) groups excluding carboxylic acids is 1. The van der Waals surface area contributed by atoms with Gasteiger partial charge in [0.2, 0.25) is 0 Å². The number of fused-ring (bicyclic) bond motifs is 1. The second-order valence-electron chi connectivity index (χ2n) is 6.58. The van der Waals surface area contributed by atoms with E-state index in [0.29, 0.717) is 29.4 Å². The lowest BCUT2D eigenvalue weighted by molar-refractivity contribution is 0.101. The monoisotopic (exact) mass is 387 g/mol. The number of nitrogens with one attached hydrogen (secondary N) is 1. The highest BCUT2D eigenvalue weighted by Crippen LogP contribution is 2.28. The van der Waals surface area contributed by atoms with Crippen LogP contribution in [0.1, 0.15) is 28.8 Å². The molecule has 0 fully saturated rings. The molecule has 2 heterocycles. The number of para-hydroxylation sites is 2. The lowest BCUT2D eigenvalue weighted by Gasteiger charge is -2.12. The number of anilines is 1. The molecular formula is C22H21N5O2. The Balaban J connectivity index is 1.73. The molecular weight excluding hydrogens is 366 g/mol. The van der Waals surface area contributed by atoms with Crippen LogP contribution in [0.15, 0.2) is 54.6 Å². The van der Waals surface area contributed by atoms with Gasteiger partial charge in [-0.1, -0.05) is 42.5 Å². The fraction of sp³-hybridized carbons (Fsp3) is 0.182. The SMILES string of the molecule is CCOc1ccccc1NC(=O)c1nnc2c(-c3ccccc3)c(C)nn2c1C. The lowest BCUT2D eigenvalue weighted by atomic mass is 10.1. The molecule has 1 amide bonds. The Bertz CT molecular complexity index is 1180. The number of aryl methyl sites for hydroxylation is 2. The third-order valence-corrected chi connectivity index (χ3v) is 4.65. The van der Waals surface area contributed by atoms with Crippen LogP contribution in [0.3, 0.4) is 0 Å². The van der Waals surface area contributed by atoms with Crippen LogP contribution in [-0.4, -0.2) is 32.3 Å². The third kappa shape index (κ3) is 3.42. The number of nitrogens with zero attached hydrogens (tertiary/aromatic N) is 4. The quantitative estimate of drug-likeness (QED) is 0.558. The number of hydrogen-bond acceptors (Lipinski definition) is 5. The second kappa shape index (κ2) is 7.71. The van der Waals surface area contributed by atoms with Crippen LogP contribution in [-0.2, 0) is 0 Å². The average molecular weight is 387 g/mol. The van der Waals surface area contributed by atoms with E-state index in [-0.39, 0.29) is 11.6 Å². The van der Waals surface area contributed by atoms with Crippen molar-refractivity contribution in [3.8, 4) is 16.9 Å². The molecule has 0 unspecified atom stereocenters. The van der Waals surface area contributed by atoms with Gasteiger partial charge in [-0.05, 0) is 38.5 Å². The first kappa shape index (κ1) is 18.6. The molecule has 146 valence electrons. The van der Waals surface area contributed by atoms with Crippen LogP contribution in [0.2, 0.25) is 0 Å². The van der Waals surface area contributed by atoms with Gasteiger partial charge >= 0.3 is 0 Å². The van der Waals surface area contributed by atoms with Gasteiger partial charge in [0.15, 0.2) is 11.3 Å². The highest BCUT2D eigenvalue weighted by atomic mass is 16.5. The maximum Gasteiger partial charge on any atom is 0.278 e. The van der Waals surface area contributed by atoms with E-state index in [4.69, 9.17) is 4.74 Å². The maximum atomic E-state index is 12.9. The summed E-state index contributed by atoms with van der Waals surface area (Å²) in [6.07, 6.45) is 0. The van der Waals surface area contributed by atoms with Crippen LogP contribution in [0.25, 0.3) is 16.8 Å². The molecule has 2 aromatic carbocycles. The highest BCUT2D eigenvalue weighted by molar-refractivity contribution is 6.04. The van der Waals surface area contributed by atoms with Gasteiger partial charge in [-0.15, -0.1) is 10.2 Å². The Labute approximate surface area is 168 Å². The van der Waals surface area contributed by atoms with Crippen molar-refractivity contribution in [2.24, 2.45) is 0 Å². The van der Waals surface area contributed by atoms with Crippen LogP contribution >= 0.6 is 0 Å². The molecule has 0 spiro atoms. The second-order valence-corrected chi connectivity index (χ2v) is 6.58. The van der Waals surface area contributed by atoms with Crippen molar-refractivity contribution >= 4 is 17.2 Å². The summed E-state index contributed by atoms with van der Waals surface area (Å²) in [6.45, 7) is 6.14. The van der Waals surface area contributed by atoms with Crippen molar-refractivity contribution in [3.63, 3.8) is 0 Å². The van der Waals surface area contributed by atoms with Gasteiger partial charge in [0.1, 0.15) is 5.75 Å². The summed E-state index contributed by atoms with van der Waals surface area (Å²) in [7, 11) is 0. The average Bonchev–Trinajstić information content (AvgIpc) is 3.07. The maximum absolute atomic E-state index is 12.9. The fourth-order valence-corrected chi connectivity index (χ4v) is 3.30. The first-order valence-electron chi connectivity index (χ1n) is 9.41. The van der Waals surface area contributed by atoms with Gasteiger partial charge < -0.3 is 10.1 Å². The molecule has 0 atom stereocenters. The first-order valence-corrected chi connectivity index (χ1v) is 9.41. The number of aromatic nitrogens is 4. The summed E-state index contributed by atoms with van der Waals surface area (Å²) in [5.74, 6) is 0.245. The fourth-order valence-electron chi connectivity index (χ4n) is 3.30. The molecule has 0 radical (unpaired) electrons. The van der Waals surface area contributed by atoms with Gasteiger partial charge in [0, 0.05) is 0 Å². The smallest absolute Gasteiger partial charge is 0.278 e. The van der Waals surface area contributed by atoms with Crippen molar-refractivity contribution in [1.29, 1.82) is 0 Å². The summed E-state index contributed by atoms with van der Waals surface area (Å²) in [5.41, 5.74) is 4.79. The molecule has 1 N–H and O–H groups in total. The van der Waals surface area contributed by atoms with Gasteiger partial charge in [-0.3, -0.25) is 4.79 Å². The number of carbonyl (C=O) groups is 1. The van der Waals surface area contributed by atoms with Gasteiger partial charge in [0.05, 0.1) is 29.2 Å². The summed E-state index contributed by atoms with van der Waals surface area (Å²) in [6, 6.07) is 17.2. The number of ether oxygens (including phenoxy) is 1. The minimum atomic E-state index is -0.363. The minimum Gasteiger partial charge on any atom is -0.492 e. The van der Waals surface area contributed by atoms with Gasteiger partial charge in [0.25, 0.3) is 5.91 Å². The van der Waals surface area contributed by atoms with Crippen molar-refractivity contribution in [1.82, 2.24) is 19.8 Å². The highest BCUT2D eigenvalue weighted by Gasteiger charge is 2.21. The number of amides is 1. The molecule has 0 saturated heterocycles. The zero-order valence-electron chi connectivity index (χ0n) is 16.5. The summed E-state index contributed by atoms with van der Waals surface area (Å²) >= 11 is 0. The van der Waals surface area contributed by atoms with E-state index in [1.807, 2.05) is 69.3 Å². The summed E-state index contributed by atoms with van der Waals surface area (Å²) in [5, 5.41) is 16.0. The minimum absolute atomic E-state index is 0.214. The van der Waals surface area contributed by atoms with E-state index in [2.05, 4.69) is 20.6 Å². The van der Waals surface area contributed by atoms with Crippen LogP contribution in [0.5, 0.6) is 5.75 Å². The van der Waals surface area contributed by atoms with E-state index in [9.17, 15) is 4.79 Å². The Kier molecular flexibility index (Phi) is 4.95. The molecule has 29 heavy (non-hydrogen) atoms. The Hall–Kier alpha value is -3.74. The molecule has 0 aliphatic heterocycles.